The Morgan fingerprint density at radius 3 is 2.54 bits per heavy atom. The van der Waals surface area contributed by atoms with Crippen LogP contribution in [0.15, 0.2) is 47.1 Å². The number of hydrogen-bond acceptors (Lipinski definition) is 5. The number of furan rings is 1. The number of benzene rings is 1. The molecule has 2 aliphatic rings. The van der Waals surface area contributed by atoms with Gasteiger partial charge in [0.25, 0.3) is 5.91 Å². The molecular formula is C19H22N2O4S. The van der Waals surface area contributed by atoms with Gasteiger partial charge in [-0.2, -0.15) is 0 Å². The Kier molecular flexibility index (Phi) is 4.36. The molecule has 1 amide bonds. The van der Waals surface area contributed by atoms with Crippen LogP contribution in [-0.4, -0.2) is 60.8 Å². The zero-order valence-corrected chi connectivity index (χ0v) is 15.5. The Morgan fingerprint density at radius 1 is 1.12 bits per heavy atom. The number of nitrogens with zero attached hydrogens (tertiary/aromatic N) is 2. The van der Waals surface area contributed by atoms with Crippen molar-refractivity contribution in [2.75, 3.05) is 24.6 Å². The number of fused-ring (bicyclic) bond motifs is 1. The van der Waals surface area contributed by atoms with Crippen molar-refractivity contribution in [3.8, 4) is 0 Å². The summed E-state index contributed by atoms with van der Waals surface area (Å²) in [5.41, 5.74) is 1.67. The lowest BCUT2D eigenvalue weighted by atomic mass is 10.0. The van der Waals surface area contributed by atoms with E-state index in [-0.39, 0.29) is 29.5 Å². The fourth-order valence-electron chi connectivity index (χ4n) is 4.05. The lowest BCUT2D eigenvalue weighted by Crippen LogP contribution is -2.60. The van der Waals surface area contributed by atoms with Gasteiger partial charge in [-0.15, -0.1) is 0 Å². The molecule has 2 fully saturated rings. The molecule has 0 spiro atoms. The first-order chi connectivity index (χ1) is 12.4. The topological polar surface area (TPSA) is 70.8 Å². The van der Waals surface area contributed by atoms with Crippen molar-refractivity contribution in [1.29, 1.82) is 0 Å². The molecule has 26 heavy (non-hydrogen) atoms. The molecule has 2 saturated heterocycles. The number of hydrogen-bond donors (Lipinski definition) is 0. The van der Waals surface area contributed by atoms with E-state index in [0.717, 1.165) is 5.56 Å². The second-order valence-corrected chi connectivity index (χ2v) is 9.21. The van der Waals surface area contributed by atoms with Gasteiger partial charge >= 0.3 is 0 Å². The zero-order valence-electron chi connectivity index (χ0n) is 14.7. The van der Waals surface area contributed by atoms with Crippen molar-refractivity contribution in [3.63, 3.8) is 0 Å². The van der Waals surface area contributed by atoms with E-state index in [1.54, 1.807) is 17.9 Å². The van der Waals surface area contributed by atoms with Crippen LogP contribution in [0.3, 0.4) is 0 Å². The summed E-state index contributed by atoms with van der Waals surface area (Å²) >= 11 is 0. The number of amides is 1. The molecule has 6 nitrogen and oxygen atoms in total. The predicted octanol–water partition coefficient (Wildman–Crippen LogP) is 1.71. The van der Waals surface area contributed by atoms with Crippen LogP contribution in [0, 0.1) is 6.92 Å². The van der Waals surface area contributed by atoms with Crippen LogP contribution in [0.2, 0.25) is 0 Å². The van der Waals surface area contributed by atoms with Gasteiger partial charge in [-0.05, 0) is 18.6 Å². The second-order valence-electron chi connectivity index (χ2n) is 7.06. The zero-order chi connectivity index (χ0) is 18.3. The quantitative estimate of drug-likeness (QED) is 0.818. The van der Waals surface area contributed by atoms with Crippen molar-refractivity contribution >= 4 is 15.7 Å². The average molecular weight is 374 g/mol. The SMILES string of the molecule is Cc1occc1C(=O)N1CCN(Cc2ccccc2)C2CS(=O)(=O)CC21. The summed E-state index contributed by atoms with van der Waals surface area (Å²) in [5.74, 6) is 0.575. The van der Waals surface area contributed by atoms with Gasteiger partial charge < -0.3 is 9.32 Å². The molecule has 1 aromatic carbocycles. The Morgan fingerprint density at radius 2 is 1.85 bits per heavy atom. The molecule has 4 rings (SSSR count). The van der Waals surface area contributed by atoms with Crippen LogP contribution in [-0.2, 0) is 16.4 Å². The maximum Gasteiger partial charge on any atom is 0.257 e. The number of sulfone groups is 1. The van der Waals surface area contributed by atoms with E-state index in [9.17, 15) is 13.2 Å². The molecule has 7 heteroatoms. The average Bonchev–Trinajstić information content (AvgIpc) is 3.17. The van der Waals surface area contributed by atoms with Gasteiger partial charge in [0.15, 0.2) is 9.84 Å². The summed E-state index contributed by atoms with van der Waals surface area (Å²) in [7, 11) is -3.16. The van der Waals surface area contributed by atoms with Gasteiger partial charge in [0.2, 0.25) is 0 Å². The van der Waals surface area contributed by atoms with Gasteiger partial charge in [-0.1, -0.05) is 30.3 Å². The van der Waals surface area contributed by atoms with E-state index < -0.39 is 9.84 Å². The van der Waals surface area contributed by atoms with Crippen molar-refractivity contribution in [2.45, 2.75) is 25.6 Å². The molecule has 0 bridgehead atoms. The third-order valence-electron chi connectivity index (χ3n) is 5.37. The van der Waals surface area contributed by atoms with Crippen molar-refractivity contribution in [3.05, 3.63) is 59.5 Å². The summed E-state index contributed by atoms with van der Waals surface area (Å²) in [5, 5.41) is 0. The van der Waals surface area contributed by atoms with Gasteiger partial charge in [0, 0.05) is 25.7 Å². The largest absolute Gasteiger partial charge is 0.469 e. The molecule has 138 valence electrons. The minimum atomic E-state index is -3.16. The fraction of sp³-hybridized carbons (Fsp3) is 0.421. The normalized spacial score (nSPS) is 25.2. The highest BCUT2D eigenvalue weighted by molar-refractivity contribution is 7.91. The first-order valence-corrected chi connectivity index (χ1v) is 10.6. The summed E-state index contributed by atoms with van der Waals surface area (Å²) in [6, 6.07) is 11.2. The number of carbonyl (C=O) groups excluding carboxylic acids is 1. The summed E-state index contributed by atoms with van der Waals surface area (Å²) in [4.78, 5) is 16.9. The van der Waals surface area contributed by atoms with Crippen molar-refractivity contribution < 1.29 is 17.6 Å². The van der Waals surface area contributed by atoms with Crippen LogP contribution >= 0.6 is 0 Å². The fourth-order valence-corrected chi connectivity index (χ4v) is 6.06. The van der Waals surface area contributed by atoms with E-state index in [1.165, 1.54) is 6.26 Å². The molecule has 3 heterocycles. The first kappa shape index (κ1) is 17.3. The first-order valence-electron chi connectivity index (χ1n) is 8.78. The Balaban J connectivity index is 1.60. The molecule has 2 atom stereocenters. The Bertz CT molecular complexity index is 907. The predicted molar refractivity (Wildman–Crippen MR) is 97.6 cm³/mol. The highest BCUT2D eigenvalue weighted by Crippen LogP contribution is 2.29. The number of aryl methyl sites for hydroxylation is 1. The minimum Gasteiger partial charge on any atom is -0.469 e. The molecule has 2 unspecified atom stereocenters. The van der Waals surface area contributed by atoms with E-state index in [2.05, 4.69) is 4.90 Å². The van der Waals surface area contributed by atoms with Gasteiger partial charge in [0.05, 0.1) is 29.4 Å². The molecule has 0 saturated carbocycles. The van der Waals surface area contributed by atoms with Crippen molar-refractivity contribution in [1.82, 2.24) is 9.80 Å². The Hall–Kier alpha value is -2.12. The molecule has 1 aromatic heterocycles. The third kappa shape index (κ3) is 3.17. The molecule has 2 aromatic rings. The van der Waals surface area contributed by atoms with E-state index in [4.69, 9.17) is 4.42 Å². The lowest BCUT2D eigenvalue weighted by molar-refractivity contribution is 0.0305. The highest BCUT2D eigenvalue weighted by atomic mass is 32.2. The smallest absolute Gasteiger partial charge is 0.257 e. The summed E-state index contributed by atoms with van der Waals surface area (Å²) < 4.78 is 29.9. The van der Waals surface area contributed by atoms with Crippen LogP contribution in [0.1, 0.15) is 21.7 Å². The van der Waals surface area contributed by atoms with Crippen LogP contribution in [0.4, 0.5) is 0 Å². The molecule has 0 aliphatic carbocycles. The van der Waals surface area contributed by atoms with E-state index >= 15 is 0 Å². The van der Waals surface area contributed by atoms with Crippen molar-refractivity contribution in [2.24, 2.45) is 0 Å². The van der Waals surface area contributed by atoms with Crippen LogP contribution in [0.25, 0.3) is 0 Å². The maximum atomic E-state index is 13.0. The molecule has 0 N–H and O–H groups in total. The number of carbonyl (C=O) groups is 1. The van der Waals surface area contributed by atoms with Crippen LogP contribution < -0.4 is 0 Å². The minimum absolute atomic E-state index is 0.0333. The number of piperazine rings is 1. The highest BCUT2D eigenvalue weighted by Gasteiger charge is 2.48. The lowest BCUT2D eigenvalue weighted by Gasteiger charge is -2.44. The molecular weight excluding hydrogens is 352 g/mol. The monoisotopic (exact) mass is 374 g/mol. The Labute approximate surface area is 153 Å². The van der Waals surface area contributed by atoms with E-state index in [1.807, 2.05) is 30.3 Å². The van der Waals surface area contributed by atoms with Gasteiger partial charge in [-0.3, -0.25) is 9.69 Å². The third-order valence-corrected chi connectivity index (χ3v) is 7.07. The summed E-state index contributed by atoms with van der Waals surface area (Å²) in [6.45, 7) is 3.63. The summed E-state index contributed by atoms with van der Waals surface area (Å²) in [6.07, 6.45) is 1.50. The number of rotatable bonds is 3. The molecule has 2 aliphatic heterocycles. The standard InChI is InChI=1S/C19H22N2O4S/c1-14-16(7-10-25-14)19(22)21-9-8-20(11-15-5-3-2-4-6-15)17-12-26(23,24)13-18(17)21/h2-7,10,17-18H,8-9,11-13H2,1H3. The maximum absolute atomic E-state index is 13.0. The second kappa shape index (κ2) is 6.55. The van der Waals surface area contributed by atoms with Crippen LogP contribution in [0.5, 0.6) is 0 Å². The molecule has 0 radical (unpaired) electrons. The van der Waals surface area contributed by atoms with E-state index in [0.29, 0.717) is 31.0 Å². The van der Waals surface area contributed by atoms with Gasteiger partial charge in [0.1, 0.15) is 5.76 Å². The van der Waals surface area contributed by atoms with Gasteiger partial charge in [-0.25, -0.2) is 8.42 Å².